The van der Waals surface area contributed by atoms with E-state index in [9.17, 15) is 18.0 Å². The number of fused-ring (bicyclic) bond motifs is 1. The Morgan fingerprint density at radius 1 is 1.15 bits per heavy atom. The van der Waals surface area contributed by atoms with Crippen molar-refractivity contribution in [3.63, 3.8) is 0 Å². The number of ether oxygens (including phenoxy) is 3. The molecule has 0 saturated carbocycles. The van der Waals surface area contributed by atoms with Gasteiger partial charge < -0.3 is 18.6 Å². The van der Waals surface area contributed by atoms with Crippen LogP contribution in [0.2, 0.25) is 0 Å². The van der Waals surface area contributed by atoms with Gasteiger partial charge in [0.2, 0.25) is 10.0 Å². The summed E-state index contributed by atoms with van der Waals surface area (Å²) in [5, 5.41) is 0.613. The van der Waals surface area contributed by atoms with E-state index in [0.29, 0.717) is 28.9 Å². The number of nitrogens with one attached hydrogen (secondary N) is 1. The molecule has 1 atom stereocenters. The Labute approximate surface area is 190 Å². The standard InChI is InChI=1S/C23H23NO8S/c1-29-17-6-9-20-16(11-22(25)32-21(20)12-17)14-31-23(26)15-4-7-19(8-5-15)33(27,28)24-13-18-3-2-10-30-18/h4-9,11-12,18,24H,2-3,10,13-14H2,1H3/t18-/m0/s1. The summed E-state index contributed by atoms with van der Waals surface area (Å²) in [4.78, 5) is 24.4. The van der Waals surface area contributed by atoms with Gasteiger partial charge >= 0.3 is 11.6 Å². The van der Waals surface area contributed by atoms with Crippen LogP contribution in [0.25, 0.3) is 11.0 Å². The molecule has 3 aromatic rings. The van der Waals surface area contributed by atoms with Crippen molar-refractivity contribution < 1.29 is 31.8 Å². The molecule has 9 nitrogen and oxygen atoms in total. The topological polar surface area (TPSA) is 121 Å². The van der Waals surface area contributed by atoms with Crippen molar-refractivity contribution in [2.45, 2.75) is 30.4 Å². The maximum absolute atomic E-state index is 12.5. The van der Waals surface area contributed by atoms with Crippen LogP contribution in [0.15, 0.2) is 62.6 Å². The molecule has 1 N–H and O–H groups in total. The number of carbonyl (C=O) groups excluding carboxylic acids is 1. The number of sulfonamides is 1. The average Bonchev–Trinajstić information content (AvgIpc) is 3.34. The van der Waals surface area contributed by atoms with Crippen molar-refractivity contribution in [2.75, 3.05) is 20.3 Å². The first-order valence-electron chi connectivity index (χ1n) is 10.3. The van der Waals surface area contributed by atoms with Crippen LogP contribution in [0.5, 0.6) is 5.75 Å². The van der Waals surface area contributed by atoms with Crippen molar-refractivity contribution >= 4 is 27.0 Å². The maximum atomic E-state index is 12.5. The highest BCUT2D eigenvalue weighted by Gasteiger charge is 2.21. The molecule has 4 rings (SSSR count). The summed E-state index contributed by atoms with van der Waals surface area (Å²) in [5.41, 5.74) is 0.404. The largest absolute Gasteiger partial charge is 0.497 e. The first-order valence-corrected chi connectivity index (χ1v) is 11.8. The number of esters is 1. The van der Waals surface area contributed by atoms with Gasteiger partial charge in [0.1, 0.15) is 17.9 Å². The number of benzene rings is 2. The summed E-state index contributed by atoms with van der Waals surface area (Å²) in [6, 6.07) is 11.7. The normalized spacial score (nSPS) is 16.1. The first-order chi connectivity index (χ1) is 15.9. The highest BCUT2D eigenvalue weighted by molar-refractivity contribution is 7.89. The van der Waals surface area contributed by atoms with Gasteiger partial charge in [-0.1, -0.05) is 0 Å². The third kappa shape index (κ3) is 5.41. The Morgan fingerprint density at radius 3 is 2.64 bits per heavy atom. The highest BCUT2D eigenvalue weighted by Crippen LogP contribution is 2.23. The zero-order valence-electron chi connectivity index (χ0n) is 17.9. The van der Waals surface area contributed by atoms with Crippen LogP contribution in [0.3, 0.4) is 0 Å². The Kier molecular flexibility index (Phi) is 6.77. The summed E-state index contributed by atoms with van der Waals surface area (Å²) in [6.07, 6.45) is 1.62. The summed E-state index contributed by atoms with van der Waals surface area (Å²) in [7, 11) is -2.22. The van der Waals surface area contributed by atoms with Crippen molar-refractivity contribution in [1.29, 1.82) is 0 Å². The molecular formula is C23H23NO8S. The number of methoxy groups -OCH3 is 1. The van der Waals surface area contributed by atoms with E-state index >= 15 is 0 Å². The Bertz CT molecular complexity index is 1310. The second kappa shape index (κ2) is 9.74. The number of carbonyl (C=O) groups is 1. The van der Waals surface area contributed by atoms with Gasteiger partial charge in [-0.15, -0.1) is 0 Å². The lowest BCUT2D eigenvalue weighted by molar-refractivity contribution is 0.0473. The molecule has 1 fully saturated rings. The fourth-order valence-electron chi connectivity index (χ4n) is 3.54. The second-order valence-electron chi connectivity index (χ2n) is 7.54. The molecule has 2 aromatic carbocycles. The third-order valence-electron chi connectivity index (χ3n) is 5.32. The number of hydrogen-bond acceptors (Lipinski definition) is 8. The molecule has 0 amide bonds. The van der Waals surface area contributed by atoms with Gasteiger partial charge in [-0.3, -0.25) is 0 Å². The zero-order chi connectivity index (χ0) is 23.4. The SMILES string of the molecule is COc1ccc2c(COC(=O)c3ccc(S(=O)(=O)NC[C@@H]4CCCO4)cc3)cc(=O)oc2c1. The summed E-state index contributed by atoms with van der Waals surface area (Å²) < 4.78 is 48.5. The Morgan fingerprint density at radius 2 is 1.94 bits per heavy atom. The molecule has 1 aliphatic heterocycles. The minimum atomic E-state index is -3.72. The summed E-state index contributed by atoms with van der Waals surface area (Å²) in [5.74, 6) is -0.124. The van der Waals surface area contributed by atoms with Gasteiger partial charge in [0.05, 0.1) is 23.7 Å². The van der Waals surface area contributed by atoms with E-state index in [1.54, 1.807) is 18.2 Å². The van der Waals surface area contributed by atoms with Gasteiger partial charge in [-0.25, -0.2) is 22.7 Å². The smallest absolute Gasteiger partial charge is 0.338 e. The lowest BCUT2D eigenvalue weighted by Gasteiger charge is -2.12. The van der Waals surface area contributed by atoms with Crippen LogP contribution in [0.1, 0.15) is 28.8 Å². The summed E-state index contributed by atoms with van der Waals surface area (Å²) in [6.45, 7) is 0.689. The van der Waals surface area contributed by atoms with E-state index in [-0.39, 0.29) is 29.7 Å². The molecule has 0 bridgehead atoms. The average molecular weight is 474 g/mol. The van der Waals surface area contributed by atoms with Crippen LogP contribution in [0.4, 0.5) is 0 Å². The minimum absolute atomic E-state index is 0.0395. The van der Waals surface area contributed by atoms with Crippen molar-refractivity contribution in [1.82, 2.24) is 4.72 Å². The van der Waals surface area contributed by atoms with Gasteiger partial charge in [0.25, 0.3) is 0 Å². The van der Waals surface area contributed by atoms with Crippen LogP contribution in [-0.2, 0) is 26.1 Å². The quantitative estimate of drug-likeness (QED) is 0.391. The minimum Gasteiger partial charge on any atom is -0.497 e. The third-order valence-corrected chi connectivity index (χ3v) is 6.76. The second-order valence-corrected chi connectivity index (χ2v) is 9.31. The predicted octanol–water partition coefficient (Wildman–Crippen LogP) is 2.62. The number of hydrogen-bond donors (Lipinski definition) is 1. The van der Waals surface area contributed by atoms with Crippen LogP contribution >= 0.6 is 0 Å². The van der Waals surface area contributed by atoms with E-state index in [4.69, 9.17) is 18.6 Å². The van der Waals surface area contributed by atoms with Crippen LogP contribution < -0.4 is 15.1 Å². The molecule has 1 aliphatic rings. The molecule has 33 heavy (non-hydrogen) atoms. The molecule has 1 aromatic heterocycles. The van der Waals surface area contributed by atoms with E-state index in [0.717, 1.165) is 12.8 Å². The molecule has 0 spiro atoms. The molecule has 0 radical (unpaired) electrons. The molecule has 174 valence electrons. The molecule has 2 heterocycles. The van der Waals surface area contributed by atoms with Crippen molar-refractivity contribution in [3.05, 3.63) is 70.1 Å². The van der Waals surface area contributed by atoms with Crippen molar-refractivity contribution in [2.24, 2.45) is 0 Å². The predicted molar refractivity (Wildman–Crippen MR) is 119 cm³/mol. The van der Waals surface area contributed by atoms with Gasteiger partial charge in [0, 0.05) is 36.2 Å². The van der Waals surface area contributed by atoms with E-state index < -0.39 is 21.6 Å². The van der Waals surface area contributed by atoms with E-state index in [2.05, 4.69) is 4.72 Å². The van der Waals surface area contributed by atoms with Gasteiger partial charge in [-0.05, 0) is 49.2 Å². The molecule has 1 saturated heterocycles. The fourth-order valence-corrected chi connectivity index (χ4v) is 4.61. The number of rotatable bonds is 8. The first kappa shape index (κ1) is 23.0. The highest BCUT2D eigenvalue weighted by atomic mass is 32.2. The van der Waals surface area contributed by atoms with E-state index in [1.165, 1.54) is 37.4 Å². The van der Waals surface area contributed by atoms with Gasteiger partial charge in [-0.2, -0.15) is 0 Å². The molecule has 0 unspecified atom stereocenters. The Hall–Kier alpha value is -3.21. The summed E-state index contributed by atoms with van der Waals surface area (Å²) >= 11 is 0. The monoisotopic (exact) mass is 473 g/mol. The van der Waals surface area contributed by atoms with Crippen LogP contribution in [0, 0.1) is 0 Å². The lowest BCUT2D eigenvalue weighted by atomic mass is 10.1. The van der Waals surface area contributed by atoms with Crippen LogP contribution in [-0.4, -0.2) is 40.8 Å². The molecular weight excluding hydrogens is 450 g/mol. The van der Waals surface area contributed by atoms with Gasteiger partial charge in [0.15, 0.2) is 0 Å². The maximum Gasteiger partial charge on any atom is 0.338 e. The Balaban J connectivity index is 1.42. The zero-order valence-corrected chi connectivity index (χ0v) is 18.7. The molecule has 0 aliphatic carbocycles. The van der Waals surface area contributed by atoms with E-state index in [1.807, 2.05) is 0 Å². The molecule has 10 heteroatoms. The lowest BCUT2D eigenvalue weighted by Crippen LogP contribution is -2.31. The van der Waals surface area contributed by atoms with Crippen molar-refractivity contribution in [3.8, 4) is 5.75 Å². The fraction of sp³-hybridized carbons (Fsp3) is 0.304.